The van der Waals surface area contributed by atoms with E-state index in [1.165, 1.54) is 6.26 Å². The molecule has 0 fully saturated rings. The van der Waals surface area contributed by atoms with Crippen molar-refractivity contribution in [2.24, 2.45) is 0 Å². The van der Waals surface area contributed by atoms with E-state index >= 15 is 0 Å². The zero-order valence-electron chi connectivity index (χ0n) is 15.8. The molecule has 3 aromatic rings. The van der Waals surface area contributed by atoms with Gasteiger partial charge in [0.05, 0.1) is 6.26 Å². The molecule has 28 heavy (non-hydrogen) atoms. The molecule has 1 aliphatic rings. The summed E-state index contributed by atoms with van der Waals surface area (Å²) >= 11 is 0. The number of furan rings is 1. The zero-order chi connectivity index (χ0) is 19.5. The fourth-order valence-electron chi connectivity index (χ4n) is 3.01. The summed E-state index contributed by atoms with van der Waals surface area (Å²) in [5.74, 6) is 2.49. The highest BCUT2D eigenvalue weighted by Gasteiger charge is 2.23. The summed E-state index contributed by atoms with van der Waals surface area (Å²) in [6, 6.07) is 8.94. The van der Waals surface area contributed by atoms with Crippen LogP contribution in [0.3, 0.4) is 0 Å². The SMILES string of the molecule is CC[C@@H](C)N(CCc1nc(-c2ccc3c(c2)OCO3)no1)C(=O)c1ccco1. The van der Waals surface area contributed by atoms with E-state index < -0.39 is 0 Å². The molecule has 0 saturated heterocycles. The molecule has 0 spiro atoms. The molecule has 2 aromatic heterocycles. The lowest BCUT2D eigenvalue weighted by Gasteiger charge is -2.27. The van der Waals surface area contributed by atoms with Crippen molar-refractivity contribution in [2.75, 3.05) is 13.3 Å². The van der Waals surface area contributed by atoms with E-state index in [0.29, 0.717) is 41.9 Å². The lowest BCUT2D eigenvalue weighted by molar-refractivity contribution is 0.0654. The van der Waals surface area contributed by atoms with E-state index in [1.807, 2.05) is 32.0 Å². The second kappa shape index (κ2) is 7.75. The molecule has 146 valence electrons. The third kappa shape index (κ3) is 3.58. The molecular weight excluding hydrogens is 362 g/mol. The molecule has 0 unspecified atom stereocenters. The highest BCUT2D eigenvalue weighted by Crippen LogP contribution is 2.35. The van der Waals surface area contributed by atoms with Crippen LogP contribution in [0.1, 0.15) is 36.7 Å². The van der Waals surface area contributed by atoms with Crippen LogP contribution in [0, 0.1) is 0 Å². The lowest BCUT2D eigenvalue weighted by atomic mass is 10.2. The Morgan fingerprint density at radius 1 is 1.25 bits per heavy atom. The predicted molar refractivity (Wildman–Crippen MR) is 99.1 cm³/mol. The van der Waals surface area contributed by atoms with E-state index in [-0.39, 0.29) is 18.7 Å². The van der Waals surface area contributed by atoms with E-state index in [9.17, 15) is 4.79 Å². The molecule has 0 aliphatic carbocycles. The van der Waals surface area contributed by atoms with Gasteiger partial charge in [0.1, 0.15) is 0 Å². The Kier molecular flexibility index (Phi) is 5.01. The van der Waals surface area contributed by atoms with Gasteiger partial charge in [0, 0.05) is 24.6 Å². The number of nitrogens with zero attached hydrogens (tertiary/aromatic N) is 3. The molecule has 1 aromatic carbocycles. The Labute approximate surface area is 162 Å². The molecule has 3 heterocycles. The summed E-state index contributed by atoms with van der Waals surface area (Å²) in [5.41, 5.74) is 0.782. The lowest BCUT2D eigenvalue weighted by Crippen LogP contribution is -2.39. The number of amides is 1. The number of aromatic nitrogens is 2. The first-order chi connectivity index (χ1) is 13.7. The Bertz CT molecular complexity index is 951. The van der Waals surface area contributed by atoms with Crippen LogP contribution < -0.4 is 9.47 Å². The second-order valence-electron chi connectivity index (χ2n) is 6.56. The minimum Gasteiger partial charge on any atom is -0.459 e. The van der Waals surface area contributed by atoms with Crippen molar-refractivity contribution in [1.82, 2.24) is 15.0 Å². The third-order valence-electron chi connectivity index (χ3n) is 4.78. The van der Waals surface area contributed by atoms with E-state index in [1.54, 1.807) is 17.0 Å². The van der Waals surface area contributed by atoms with Crippen molar-refractivity contribution in [3.63, 3.8) is 0 Å². The molecule has 4 rings (SSSR count). The fraction of sp³-hybridized carbons (Fsp3) is 0.350. The maximum absolute atomic E-state index is 12.7. The van der Waals surface area contributed by atoms with Crippen molar-refractivity contribution < 1.29 is 23.2 Å². The number of carbonyl (C=O) groups excluding carboxylic acids is 1. The zero-order valence-corrected chi connectivity index (χ0v) is 15.8. The van der Waals surface area contributed by atoms with Crippen molar-refractivity contribution in [3.8, 4) is 22.9 Å². The van der Waals surface area contributed by atoms with Crippen LogP contribution in [-0.4, -0.2) is 40.3 Å². The molecule has 1 atom stereocenters. The van der Waals surface area contributed by atoms with E-state index in [2.05, 4.69) is 10.1 Å². The largest absolute Gasteiger partial charge is 0.459 e. The van der Waals surface area contributed by atoms with Crippen LogP contribution in [0.15, 0.2) is 45.5 Å². The van der Waals surface area contributed by atoms with Gasteiger partial charge in [-0.25, -0.2) is 0 Å². The van der Waals surface area contributed by atoms with Crippen LogP contribution in [0.4, 0.5) is 0 Å². The number of carbonyl (C=O) groups is 1. The number of fused-ring (bicyclic) bond motifs is 1. The summed E-state index contributed by atoms with van der Waals surface area (Å²) in [7, 11) is 0. The van der Waals surface area contributed by atoms with Crippen molar-refractivity contribution in [3.05, 3.63) is 48.2 Å². The molecule has 0 N–H and O–H groups in total. The Balaban J connectivity index is 1.46. The average Bonchev–Trinajstić information content (AvgIpc) is 3.48. The molecule has 1 aliphatic heterocycles. The van der Waals surface area contributed by atoms with Crippen LogP contribution in [0.5, 0.6) is 11.5 Å². The number of ether oxygens (including phenoxy) is 2. The van der Waals surface area contributed by atoms with Gasteiger partial charge in [0.2, 0.25) is 18.5 Å². The average molecular weight is 383 g/mol. The fourth-order valence-corrected chi connectivity index (χ4v) is 3.01. The Morgan fingerprint density at radius 3 is 2.89 bits per heavy atom. The van der Waals surface area contributed by atoms with Crippen LogP contribution >= 0.6 is 0 Å². The van der Waals surface area contributed by atoms with Gasteiger partial charge >= 0.3 is 0 Å². The van der Waals surface area contributed by atoms with Gasteiger partial charge in [-0.3, -0.25) is 4.79 Å². The molecule has 8 heteroatoms. The number of hydrogen-bond donors (Lipinski definition) is 0. The van der Waals surface area contributed by atoms with Gasteiger partial charge in [-0.1, -0.05) is 12.1 Å². The topological polar surface area (TPSA) is 90.8 Å². The van der Waals surface area contributed by atoms with Gasteiger partial charge in [0.15, 0.2) is 17.3 Å². The number of rotatable bonds is 7. The molecule has 0 radical (unpaired) electrons. The monoisotopic (exact) mass is 383 g/mol. The quantitative estimate of drug-likeness (QED) is 0.616. The van der Waals surface area contributed by atoms with Gasteiger partial charge in [-0.2, -0.15) is 4.98 Å². The molecule has 0 bridgehead atoms. The standard InChI is InChI=1S/C20H21N3O5/c1-3-13(2)23(20(24)16-5-4-10-25-16)9-8-18-21-19(22-28-18)14-6-7-15-17(11-14)27-12-26-15/h4-7,10-11,13H,3,8-9,12H2,1-2H3/t13-/m1/s1. The molecule has 8 nitrogen and oxygen atoms in total. The first-order valence-electron chi connectivity index (χ1n) is 9.22. The van der Waals surface area contributed by atoms with E-state index in [0.717, 1.165) is 12.0 Å². The van der Waals surface area contributed by atoms with Crippen molar-refractivity contribution >= 4 is 5.91 Å². The number of hydrogen-bond acceptors (Lipinski definition) is 7. The number of benzene rings is 1. The predicted octanol–water partition coefficient (Wildman–Crippen LogP) is 3.54. The highest BCUT2D eigenvalue weighted by atomic mass is 16.7. The second-order valence-corrected chi connectivity index (χ2v) is 6.56. The summed E-state index contributed by atoms with van der Waals surface area (Å²) < 4.78 is 21.3. The van der Waals surface area contributed by atoms with Crippen molar-refractivity contribution in [2.45, 2.75) is 32.7 Å². The smallest absolute Gasteiger partial charge is 0.289 e. The summed E-state index contributed by atoms with van der Waals surface area (Å²) in [6.45, 7) is 4.72. The summed E-state index contributed by atoms with van der Waals surface area (Å²) in [5, 5.41) is 4.05. The summed E-state index contributed by atoms with van der Waals surface area (Å²) in [4.78, 5) is 18.9. The van der Waals surface area contributed by atoms with Gasteiger partial charge in [-0.05, 0) is 43.7 Å². The molecular formula is C20H21N3O5. The normalized spacial score (nSPS) is 13.5. The highest BCUT2D eigenvalue weighted by molar-refractivity contribution is 5.91. The van der Waals surface area contributed by atoms with Crippen molar-refractivity contribution in [1.29, 1.82) is 0 Å². The summed E-state index contributed by atoms with van der Waals surface area (Å²) in [6.07, 6.45) is 2.78. The van der Waals surface area contributed by atoms with Crippen LogP contribution in [0.2, 0.25) is 0 Å². The molecule has 0 saturated carbocycles. The van der Waals surface area contributed by atoms with Gasteiger partial charge < -0.3 is 23.3 Å². The Morgan fingerprint density at radius 2 is 2.11 bits per heavy atom. The minimum absolute atomic E-state index is 0.0638. The maximum Gasteiger partial charge on any atom is 0.289 e. The third-order valence-corrected chi connectivity index (χ3v) is 4.78. The minimum atomic E-state index is -0.144. The van der Waals surface area contributed by atoms with Gasteiger partial charge in [-0.15, -0.1) is 0 Å². The van der Waals surface area contributed by atoms with E-state index in [4.69, 9.17) is 18.4 Å². The molecule has 1 amide bonds. The first kappa shape index (κ1) is 18.1. The maximum atomic E-state index is 12.7. The Hall–Kier alpha value is -3.29. The van der Waals surface area contributed by atoms with Crippen LogP contribution in [-0.2, 0) is 6.42 Å². The first-order valence-corrected chi connectivity index (χ1v) is 9.22. The van der Waals surface area contributed by atoms with Crippen LogP contribution in [0.25, 0.3) is 11.4 Å². The van der Waals surface area contributed by atoms with Gasteiger partial charge in [0.25, 0.3) is 5.91 Å².